The fourth-order valence-electron chi connectivity index (χ4n) is 1.12. The third-order valence-corrected chi connectivity index (χ3v) is 2.01. The minimum atomic E-state index is 0.608. The molecule has 0 aliphatic rings. The van der Waals surface area contributed by atoms with E-state index >= 15 is 0 Å². The normalized spacial score (nSPS) is 9.89. The molecule has 0 radical (unpaired) electrons. The quantitative estimate of drug-likeness (QED) is 0.786. The Morgan fingerprint density at radius 1 is 0.833 bits per heavy atom. The fourth-order valence-corrected chi connectivity index (χ4v) is 1.12. The summed E-state index contributed by atoms with van der Waals surface area (Å²) in [6, 6.07) is 0. The highest BCUT2D eigenvalue weighted by Crippen LogP contribution is 1.86. The van der Waals surface area contributed by atoms with E-state index < -0.39 is 0 Å². The molecule has 0 aromatic carbocycles. The van der Waals surface area contributed by atoms with E-state index in [-0.39, 0.29) is 0 Å². The maximum atomic E-state index is 5.10. The number of aromatic nitrogens is 4. The first kappa shape index (κ1) is 14.4. The monoisotopic (exact) mass is 252 g/mol. The van der Waals surface area contributed by atoms with Crippen molar-refractivity contribution in [3.8, 4) is 0 Å². The standard InChI is InChI=1S/2C6H10N2O/c2*1-2-9-6-8-4-3-7-5-8/h2*3-5H,2,6H2,1H3. The number of hydrogen-bond acceptors (Lipinski definition) is 4. The number of rotatable bonds is 6. The van der Waals surface area contributed by atoms with Crippen LogP contribution in [0.15, 0.2) is 37.4 Å². The van der Waals surface area contributed by atoms with Crippen LogP contribution in [-0.2, 0) is 22.9 Å². The second-order valence-corrected chi connectivity index (χ2v) is 3.40. The molecule has 0 aliphatic carbocycles. The van der Waals surface area contributed by atoms with Crippen LogP contribution >= 0.6 is 0 Å². The van der Waals surface area contributed by atoms with E-state index in [2.05, 4.69) is 9.97 Å². The lowest BCUT2D eigenvalue weighted by molar-refractivity contribution is 0.0877. The van der Waals surface area contributed by atoms with Crippen LogP contribution in [0.2, 0.25) is 0 Å². The van der Waals surface area contributed by atoms with Crippen LogP contribution in [0.4, 0.5) is 0 Å². The number of hydrogen-bond donors (Lipinski definition) is 0. The van der Waals surface area contributed by atoms with Gasteiger partial charge in [-0.25, -0.2) is 9.97 Å². The Kier molecular flexibility index (Phi) is 7.50. The average molecular weight is 252 g/mol. The lowest BCUT2D eigenvalue weighted by Crippen LogP contribution is -1.98. The van der Waals surface area contributed by atoms with E-state index in [0.29, 0.717) is 13.5 Å². The summed E-state index contributed by atoms with van der Waals surface area (Å²) in [6.07, 6.45) is 10.7. The third-order valence-electron chi connectivity index (χ3n) is 2.01. The molecule has 18 heavy (non-hydrogen) atoms. The molecule has 0 bridgehead atoms. The summed E-state index contributed by atoms with van der Waals surface area (Å²) in [5.41, 5.74) is 0. The lowest BCUT2D eigenvalue weighted by Gasteiger charge is -1.99. The van der Waals surface area contributed by atoms with Gasteiger partial charge in [0, 0.05) is 38.0 Å². The number of imidazole rings is 2. The fraction of sp³-hybridized carbons (Fsp3) is 0.500. The highest BCUT2D eigenvalue weighted by molar-refractivity contribution is 4.72. The molecule has 0 atom stereocenters. The largest absolute Gasteiger partial charge is 0.361 e. The van der Waals surface area contributed by atoms with Crippen LogP contribution in [0, 0.1) is 0 Å². The van der Waals surface area contributed by atoms with E-state index in [1.807, 2.05) is 35.4 Å². The van der Waals surface area contributed by atoms with Crippen molar-refractivity contribution in [2.45, 2.75) is 27.3 Å². The molecule has 2 aromatic rings. The van der Waals surface area contributed by atoms with Gasteiger partial charge in [-0.2, -0.15) is 0 Å². The molecule has 2 heterocycles. The lowest BCUT2D eigenvalue weighted by atomic mass is 10.8. The Balaban J connectivity index is 0.000000180. The van der Waals surface area contributed by atoms with Crippen molar-refractivity contribution in [1.29, 1.82) is 0 Å². The Labute approximate surface area is 107 Å². The molecule has 100 valence electrons. The van der Waals surface area contributed by atoms with Crippen molar-refractivity contribution in [3.05, 3.63) is 37.4 Å². The molecule has 2 rings (SSSR count). The highest BCUT2D eigenvalue weighted by atomic mass is 16.5. The van der Waals surface area contributed by atoms with E-state index in [4.69, 9.17) is 9.47 Å². The first-order valence-corrected chi connectivity index (χ1v) is 5.93. The molecular weight excluding hydrogens is 232 g/mol. The molecule has 0 spiro atoms. The maximum absolute atomic E-state index is 5.10. The van der Waals surface area contributed by atoms with E-state index in [1.54, 1.807) is 25.0 Å². The van der Waals surface area contributed by atoms with Crippen molar-refractivity contribution >= 4 is 0 Å². The van der Waals surface area contributed by atoms with Crippen molar-refractivity contribution in [1.82, 2.24) is 19.1 Å². The molecule has 2 aromatic heterocycles. The van der Waals surface area contributed by atoms with Crippen LogP contribution in [0.25, 0.3) is 0 Å². The third kappa shape index (κ3) is 6.17. The summed E-state index contributed by atoms with van der Waals surface area (Å²) in [5, 5.41) is 0. The van der Waals surface area contributed by atoms with Gasteiger partial charge in [0.25, 0.3) is 0 Å². The van der Waals surface area contributed by atoms with Crippen LogP contribution in [0.3, 0.4) is 0 Å². The van der Waals surface area contributed by atoms with Gasteiger partial charge in [-0.15, -0.1) is 0 Å². The van der Waals surface area contributed by atoms with Crippen molar-refractivity contribution in [3.63, 3.8) is 0 Å². The number of nitrogens with zero attached hydrogens (tertiary/aromatic N) is 4. The van der Waals surface area contributed by atoms with E-state index in [1.165, 1.54) is 0 Å². The summed E-state index contributed by atoms with van der Waals surface area (Å²) in [7, 11) is 0. The summed E-state index contributed by atoms with van der Waals surface area (Å²) >= 11 is 0. The van der Waals surface area contributed by atoms with E-state index in [0.717, 1.165) is 13.2 Å². The Morgan fingerprint density at radius 2 is 1.28 bits per heavy atom. The zero-order valence-electron chi connectivity index (χ0n) is 10.9. The average Bonchev–Trinajstić information content (AvgIpc) is 3.07. The van der Waals surface area contributed by atoms with Gasteiger partial charge in [0.2, 0.25) is 0 Å². The molecule has 0 fully saturated rings. The Morgan fingerprint density at radius 3 is 1.56 bits per heavy atom. The van der Waals surface area contributed by atoms with E-state index in [9.17, 15) is 0 Å². The summed E-state index contributed by atoms with van der Waals surface area (Å²) < 4.78 is 14.0. The molecule has 0 saturated carbocycles. The van der Waals surface area contributed by atoms with Gasteiger partial charge in [0.05, 0.1) is 12.7 Å². The Hall–Kier alpha value is -1.66. The van der Waals surface area contributed by atoms with Crippen molar-refractivity contribution in [2.75, 3.05) is 13.2 Å². The zero-order chi connectivity index (χ0) is 13.1. The molecule has 0 unspecified atom stereocenters. The van der Waals surface area contributed by atoms with Gasteiger partial charge < -0.3 is 18.6 Å². The minimum absolute atomic E-state index is 0.608. The summed E-state index contributed by atoms with van der Waals surface area (Å²) in [5.74, 6) is 0. The first-order chi connectivity index (χ1) is 8.86. The summed E-state index contributed by atoms with van der Waals surface area (Å²) in [4.78, 5) is 7.72. The van der Waals surface area contributed by atoms with Gasteiger partial charge in [0.1, 0.15) is 13.5 Å². The predicted octanol–water partition coefficient (Wildman–Crippen LogP) is 1.75. The molecule has 0 amide bonds. The van der Waals surface area contributed by atoms with Crippen molar-refractivity contribution in [2.24, 2.45) is 0 Å². The molecule has 6 nitrogen and oxygen atoms in total. The SMILES string of the molecule is CCOCn1ccnc1.CCOCn1ccnc1. The molecular formula is C12H20N4O2. The van der Waals surface area contributed by atoms with Crippen LogP contribution in [0.1, 0.15) is 13.8 Å². The second-order valence-electron chi connectivity index (χ2n) is 3.40. The maximum Gasteiger partial charge on any atom is 0.123 e. The second kappa shape index (κ2) is 9.38. The smallest absolute Gasteiger partial charge is 0.123 e. The Bertz CT molecular complexity index is 334. The predicted molar refractivity (Wildman–Crippen MR) is 67.7 cm³/mol. The first-order valence-electron chi connectivity index (χ1n) is 5.93. The van der Waals surface area contributed by atoms with Gasteiger partial charge in [0.15, 0.2) is 0 Å². The minimum Gasteiger partial charge on any atom is -0.361 e. The topological polar surface area (TPSA) is 54.1 Å². The van der Waals surface area contributed by atoms with Crippen molar-refractivity contribution < 1.29 is 9.47 Å². The van der Waals surface area contributed by atoms with Crippen LogP contribution in [0.5, 0.6) is 0 Å². The van der Waals surface area contributed by atoms with Gasteiger partial charge in [-0.3, -0.25) is 0 Å². The molecule has 0 aliphatic heterocycles. The summed E-state index contributed by atoms with van der Waals surface area (Å²) in [6.45, 7) is 6.65. The van der Waals surface area contributed by atoms with Gasteiger partial charge in [-0.05, 0) is 13.8 Å². The van der Waals surface area contributed by atoms with Gasteiger partial charge in [-0.1, -0.05) is 0 Å². The number of ether oxygens (including phenoxy) is 2. The molecule has 0 saturated heterocycles. The zero-order valence-corrected chi connectivity index (χ0v) is 10.9. The van der Waals surface area contributed by atoms with Gasteiger partial charge >= 0.3 is 0 Å². The van der Waals surface area contributed by atoms with Crippen LogP contribution in [-0.4, -0.2) is 32.3 Å². The highest BCUT2D eigenvalue weighted by Gasteiger charge is 1.85. The molecule has 0 N–H and O–H groups in total. The van der Waals surface area contributed by atoms with Crippen LogP contribution < -0.4 is 0 Å². The molecule has 6 heteroatoms.